The van der Waals surface area contributed by atoms with E-state index in [2.05, 4.69) is 15.6 Å². The molecule has 1 unspecified atom stereocenters. The molecule has 0 radical (unpaired) electrons. The molecule has 6 heteroatoms. The van der Waals surface area contributed by atoms with Crippen molar-refractivity contribution in [1.82, 2.24) is 15.6 Å². The average molecular weight is 364 g/mol. The second-order valence-corrected chi connectivity index (χ2v) is 6.45. The Morgan fingerprint density at radius 3 is 2.76 bits per heavy atom. The Hall–Kier alpha value is -1.85. The molecule has 2 N–H and O–H groups in total. The van der Waals surface area contributed by atoms with Gasteiger partial charge in [-0.1, -0.05) is 30.3 Å². The van der Waals surface area contributed by atoms with E-state index in [0.717, 1.165) is 30.8 Å². The van der Waals surface area contributed by atoms with Gasteiger partial charge in [-0.05, 0) is 45.2 Å². The van der Waals surface area contributed by atoms with Crippen molar-refractivity contribution < 1.29 is 9.21 Å². The molecule has 2 heterocycles. The van der Waals surface area contributed by atoms with Gasteiger partial charge >= 0.3 is 0 Å². The summed E-state index contributed by atoms with van der Waals surface area (Å²) in [7, 11) is 0. The highest BCUT2D eigenvalue weighted by atomic mass is 35.5. The van der Waals surface area contributed by atoms with Gasteiger partial charge < -0.3 is 15.1 Å². The lowest BCUT2D eigenvalue weighted by atomic mass is 9.93. The summed E-state index contributed by atoms with van der Waals surface area (Å²) in [5, 5.41) is 6.34. The third-order valence-electron chi connectivity index (χ3n) is 4.57. The number of benzene rings is 1. The Kier molecular flexibility index (Phi) is 7.47. The van der Waals surface area contributed by atoms with Crippen LogP contribution < -0.4 is 10.6 Å². The van der Waals surface area contributed by atoms with E-state index in [9.17, 15) is 4.79 Å². The summed E-state index contributed by atoms with van der Waals surface area (Å²) in [6, 6.07) is 9.63. The number of nitrogens with zero attached hydrogens (tertiary/aromatic N) is 1. The standard InChI is InChI=1S/C19H25N3O2.ClH/c1-14(22-18(23)8-7-15-9-11-20-12-10-15)19-21-13-17(24-19)16-5-3-2-4-6-16;/h2-6,13-15,20H,7-12H2,1H3,(H,22,23);1H. The number of halogens is 1. The maximum atomic E-state index is 12.2. The van der Waals surface area contributed by atoms with Crippen LogP contribution in [-0.4, -0.2) is 24.0 Å². The van der Waals surface area contributed by atoms with Crippen molar-refractivity contribution in [2.24, 2.45) is 5.92 Å². The summed E-state index contributed by atoms with van der Waals surface area (Å²) in [4.78, 5) is 16.5. The van der Waals surface area contributed by atoms with Crippen molar-refractivity contribution in [3.05, 3.63) is 42.4 Å². The first-order valence-corrected chi connectivity index (χ1v) is 8.73. The maximum absolute atomic E-state index is 12.2. The summed E-state index contributed by atoms with van der Waals surface area (Å²) in [6.45, 7) is 4.05. The number of nitrogens with one attached hydrogen (secondary N) is 2. The van der Waals surface area contributed by atoms with Crippen molar-refractivity contribution in [3.63, 3.8) is 0 Å². The second-order valence-electron chi connectivity index (χ2n) is 6.45. The minimum atomic E-state index is -0.219. The van der Waals surface area contributed by atoms with Gasteiger partial charge in [0.25, 0.3) is 0 Å². The van der Waals surface area contributed by atoms with Gasteiger partial charge in [-0.3, -0.25) is 4.79 Å². The monoisotopic (exact) mass is 363 g/mol. The third-order valence-corrected chi connectivity index (χ3v) is 4.57. The Morgan fingerprint density at radius 1 is 1.32 bits per heavy atom. The van der Waals surface area contributed by atoms with Crippen molar-refractivity contribution in [2.75, 3.05) is 13.1 Å². The smallest absolute Gasteiger partial charge is 0.220 e. The average Bonchev–Trinajstić information content (AvgIpc) is 3.12. The zero-order valence-electron chi connectivity index (χ0n) is 14.5. The fourth-order valence-electron chi connectivity index (χ4n) is 3.10. The summed E-state index contributed by atoms with van der Waals surface area (Å²) in [5.74, 6) is 2.00. The molecule has 1 amide bonds. The van der Waals surface area contributed by atoms with Crippen molar-refractivity contribution >= 4 is 18.3 Å². The van der Waals surface area contributed by atoms with Crippen LogP contribution in [0.15, 0.2) is 40.9 Å². The molecule has 1 saturated heterocycles. The summed E-state index contributed by atoms with van der Waals surface area (Å²) < 4.78 is 5.79. The fourth-order valence-corrected chi connectivity index (χ4v) is 3.10. The van der Waals surface area contributed by atoms with Crippen LogP contribution in [0, 0.1) is 5.92 Å². The molecule has 25 heavy (non-hydrogen) atoms. The van der Waals surface area contributed by atoms with E-state index in [-0.39, 0.29) is 24.4 Å². The van der Waals surface area contributed by atoms with Crippen LogP contribution in [0.2, 0.25) is 0 Å². The molecule has 0 aliphatic carbocycles. The number of hydrogen-bond donors (Lipinski definition) is 2. The van der Waals surface area contributed by atoms with Crippen molar-refractivity contribution in [1.29, 1.82) is 0 Å². The number of rotatable bonds is 6. The van der Waals surface area contributed by atoms with Gasteiger partial charge in [0.2, 0.25) is 11.8 Å². The molecular weight excluding hydrogens is 338 g/mol. The number of carbonyl (C=O) groups excluding carboxylic acids is 1. The largest absolute Gasteiger partial charge is 0.438 e. The second kappa shape index (κ2) is 9.59. The highest BCUT2D eigenvalue weighted by molar-refractivity contribution is 5.85. The normalized spacial score (nSPS) is 16.0. The zero-order valence-corrected chi connectivity index (χ0v) is 15.3. The van der Waals surface area contributed by atoms with E-state index in [4.69, 9.17) is 4.42 Å². The number of amides is 1. The van der Waals surface area contributed by atoms with Crippen molar-refractivity contribution in [2.45, 2.75) is 38.6 Å². The lowest BCUT2D eigenvalue weighted by Crippen LogP contribution is -2.30. The lowest BCUT2D eigenvalue weighted by molar-refractivity contribution is -0.122. The number of oxazole rings is 1. The summed E-state index contributed by atoms with van der Waals surface area (Å²) in [5.41, 5.74) is 0.987. The van der Waals surface area contributed by atoms with Crippen LogP contribution in [0.1, 0.15) is 44.5 Å². The molecule has 136 valence electrons. The van der Waals surface area contributed by atoms with Gasteiger partial charge in [-0.2, -0.15) is 0 Å². The van der Waals surface area contributed by atoms with Gasteiger partial charge in [0.1, 0.15) is 6.04 Å². The Morgan fingerprint density at radius 2 is 2.04 bits per heavy atom. The SMILES string of the molecule is CC(NC(=O)CCC1CCNCC1)c1ncc(-c2ccccc2)o1.Cl. The summed E-state index contributed by atoms with van der Waals surface area (Å²) >= 11 is 0. The number of aromatic nitrogens is 1. The maximum Gasteiger partial charge on any atom is 0.220 e. The number of hydrogen-bond acceptors (Lipinski definition) is 4. The van der Waals surface area contributed by atoms with Gasteiger partial charge in [0, 0.05) is 12.0 Å². The van der Waals surface area contributed by atoms with Gasteiger partial charge in [-0.25, -0.2) is 4.98 Å². The first kappa shape index (κ1) is 19.5. The van der Waals surface area contributed by atoms with Crippen LogP contribution in [0.5, 0.6) is 0 Å². The van der Waals surface area contributed by atoms with E-state index in [1.165, 1.54) is 12.8 Å². The first-order chi connectivity index (χ1) is 11.7. The van der Waals surface area contributed by atoms with Gasteiger partial charge in [-0.15, -0.1) is 12.4 Å². The molecule has 1 aliphatic heterocycles. The van der Waals surface area contributed by atoms with E-state index < -0.39 is 0 Å². The third kappa shape index (κ3) is 5.58. The van der Waals surface area contributed by atoms with Crippen LogP contribution in [-0.2, 0) is 4.79 Å². The fraction of sp³-hybridized carbons (Fsp3) is 0.474. The zero-order chi connectivity index (χ0) is 16.8. The Labute approximate surface area is 155 Å². The molecule has 0 saturated carbocycles. The lowest BCUT2D eigenvalue weighted by Gasteiger charge is -2.22. The summed E-state index contributed by atoms with van der Waals surface area (Å²) in [6.07, 6.45) is 5.58. The van der Waals surface area contributed by atoms with Crippen LogP contribution in [0.4, 0.5) is 0 Å². The topological polar surface area (TPSA) is 67.2 Å². The first-order valence-electron chi connectivity index (χ1n) is 8.73. The molecule has 0 spiro atoms. The van der Waals surface area contributed by atoms with Crippen LogP contribution in [0.25, 0.3) is 11.3 Å². The molecule has 3 rings (SSSR count). The minimum Gasteiger partial charge on any atom is -0.438 e. The molecular formula is C19H26ClN3O2. The number of piperidine rings is 1. The van der Waals surface area contributed by atoms with E-state index in [0.29, 0.717) is 18.2 Å². The van der Waals surface area contributed by atoms with Crippen LogP contribution >= 0.6 is 12.4 Å². The van der Waals surface area contributed by atoms with E-state index >= 15 is 0 Å². The molecule has 1 aliphatic rings. The molecule has 2 aromatic rings. The molecule has 1 atom stereocenters. The van der Waals surface area contributed by atoms with Gasteiger partial charge in [0.05, 0.1) is 6.20 Å². The number of carbonyl (C=O) groups is 1. The Bertz CT molecular complexity index is 654. The predicted octanol–water partition coefficient (Wildman–Crippen LogP) is 3.72. The van der Waals surface area contributed by atoms with Crippen molar-refractivity contribution in [3.8, 4) is 11.3 Å². The molecule has 0 bridgehead atoms. The van der Waals surface area contributed by atoms with E-state index in [1.807, 2.05) is 37.3 Å². The minimum absolute atomic E-state index is 0. The van der Waals surface area contributed by atoms with Gasteiger partial charge in [0.15, 0.2) is 5.76 Å². The molecule has 1 aromatic carbocycles. The molecule has 1 aromatic heterocycles. The predicted molar refractivity (Wildman–Crippen MR) is 101 cm³/mol. The Balaban J connectivity index is 0.00000225. The molecule has 5 nitrogen and oxygen atoms in total. The highest BCUT2D eigenvalue weighted by Crippen LogP contribution is 2.23. The van der Waals surface area contributed by atoms with E-state index in [1.54, 1.807) is 6.20 Å². The quantitative estimate of drug-likeness (QED) is 0.820. The highest BCUT2D eigenvalue weighted by Gasteiger charge is 2.18. The molecule has 1 fully saturated rings. The van der Waals surface area contributed by atoms with Crippen LogP contribution in [0.3, 0.4) is 0 Å².